The molecule has 8 rings (SSSR count). The molecule has 182 valence electrons. The van der Waals surface area contributed by atoms with Crippen molar-refractivity contribution in [2.45, 2.75) is 80.9 Å². The number of carbonyl (C=O) groups excluding carboxylic acids is 1. The molecule has 0 aliphatic carbocycles. The molecule has 1 amide bonds. The van der Waals surface area contributed by atoms with Gasteiger partial charge in [0.05, 0.1) is 23.2 Å². The van der Waals surface area contributed by atoms with Crippen LogP contribution in [0.15, 0.2) is 42.5 Å². The highest BCUT2D eigenvalue weighted by Crippen LogP contribution is 2.72. The Hall–Kier alpha value is -2.57. The number of epoxide rings is 1. The molecule has 6 aliphatic heterocycles. The summed E-state index contributed by atoms with van der Waals surface area (Å²) in [6, 6.07) is 16.0. The van der Waals surface area contributed by atoms with Crippen LogP contribution >= 0.6 is 0 Å². The van der Waals surface area contributed by atoms with Crippen LogP contribution in [0.1, 0.15) is 62.8 Å². The Kier molecular flexibility index (Phi) is 3.66. The van der Waals surface area contributed by atoms with Gasteiger partial charge >= 0.3 is 0 Å². The number of rotatable bonds is 2. The molecule has 0 radical (unpaired) electrons. The Bertz CT molecular complexity index is 1290. The van der Waals surface area contributed by atoms with Gasteiger partial charge in [0.2, 0.25) is 5.91 Å². The summed E-state index contributed by atoms with van der Waals surface area (Å²) < 4.78 is 6.40. The van der Waals surface area contributed by atoms with Gasteiger partial charge < -0.3 is 19.9 Å². The van der Waals surface area contributed by atoms with Crippen molar-refractivity contribution in [2.75, 3.05) is 30.4 Å². The number of anilines is 2. The van der Waals surface area contributed by atoms with E-state index in [0.717, 1.165) is 25.9 Å². The van der Waals surface area contributed by atoms with Gasteiger partial charge in [-0.3, -0.25) is 9.69 Å². The molecule has 2 aromatic rings. The van der Waals surface area contributed by atoms with Crippen LogP contribution in [0.3, 0.4) is 0 Å². The minimum Gasteiger partial charge on any atom is -0.365 e. The van der Waals surface area contributed by atoms with Crippen molar-refractivity contribution < 1.29 is 9.53 Å². The predicted molar refractivity (Wildman–Crippen MR) is 135 cm³/mol. The van der Waals surface area contributed by atoms with Gasteiger partial charge in [0.1, 0.15) is 12.3 Å². The molecule has 7 atom stereocenters. The molecule has 35 heavy (non-hydrogen) atoms. The fourth-order valence-electron chi connectivity index (χ4n) is 9.19. The molecule has 6 heteroatoms. The molecule has 0 saturated carbocycles. The first kappa shape index (κ1) is 20.6. The van der Waals surface area contributed by atoms with Gasteiger partial charge in [-0.05, 0) is 55.5 Å². The summed E-state index contributed by atoms with van der Waals surface area (Å²) in [5.41, 5.74) is 6.50. The van der Waals surface area contributed by atoms with Crippen molar-refractivity contribution in [2.24, 2.45) is 0 Å². The summed E-state index contributed by atoms with van der Waals surface area (Å²) in [4.78, 5) is 21.0. The van der Waals surface area contributed by atoms with Gasteiger partial charge in [-0.25, -0.2) is 0 Å². The van der Waals surface area contributed by atoms with E-state index in [1.54, 1.807) is 0 Å². The van der Waals surface area contributed by atoms with Crippen LogP contribution in [0.4, 0.5) is 11.4 Å². The lowest BCUT2D eigenvalue weighted by Crippen LogP contribution is -2.73. The summed E-state index contributed by atoms with van der Waals surface area (Å²) in [5.74, 6) is 0.272. The lowest BCUT2D eigenvalue weighted by atomic mass is 9.50. The predicted octanol–water partition coefficient (Wildman–Crippen LogP) is 3.97. The second-order valence-corrected chi connectivity index (χ2v) is 12.0. The first-order chi connectivity index (χ1) is 16.9. The standard InChI is InChI=1S/C29H34N4O2/c1-5-21(34)32-15-13-28-18-10-6-7-11-19(18)30-25-29(28)14-16-33(26(28)32)23(24-27(2,3)35-24)17-9-8-12-20(22(17)29)31(25)4/h6-12,23-26,30H,5,13-16H2,1-4H3/t23-,24+,25+,26+,28-,29-/m0/s1. The van der Waals surface area contributed by atoms with E-state index in [9.17, 15) is 4.79 Å². The van der Waals surface area contributed by atoms with Crippen molar-refractivity contribution in [3.8, 4) is 0 Å². The highest BCUT2D eigenvalue weighted by Gasteiger charge is 2.77. The van der Waals surface area contributed by atoms with Crippen molar-refractivity contribution >= 4 is 17.3 Å². The second-order valence-electron chi connectivity index (χ2n) is 12.0. The number of nitrogens with zero attached hydrogens (tertiary/aromatic N) is 3. The molecule has 6 nitrogen and oxygen atoms in total. The number of nitrogens with one attached hydrogen (secondary N) is 1. The molecule has 2 bridgehead atoms. The van der Waals surface area contributed by atoms with E-state index in [-0.39, 0.29) is 46.8 Å². The molecule has 3 saturated heterocycles. The van der Waals surface area contributed by atoms with Crippen molar-refractivity contribution in [3.05, 3.63) is 59.2 Å². The normalized spacial score (nSPS) is 40.5. The van der Waals surface area contributed by atoms with Gasteiger partial charge in [-0.1, -0.05) is 37.3 Å². The van der Waals surface area contributed by atoms with Crippen LogP contribution in [-0.2, 0) is 20.4 Å². The molecule has 1 unspecified atom stereocenters. The number of piperidine rings is 1. The fourth-order valence-corrected chi connectivity index (χ4v) is 9.19. The first-order valence-corrected chi connectivity index (χ1v) is 13.3. The maximum absolute atomic E-state index is 13.5. The van der Waals surface area contributed by atoms with E-state index in [1.807, 2.05) is 6.92 Å². The number of likely N-dealkylation sites (tertiary alicyclic amines) is 1. The van der Waals surface area contributed by atoms with Crippen LogP contribution in [-0.4, -0.2) is 59.9 Å². The van der Waals surface area contributed by atoms with E-state index in [0.29, 0.717) is 6.42 Å². The van der Waals surface area contributed by atoms with E-state index in [4.69, 9.17) is 4.74 Å². The SMILES string of the molecule is CCC(=O)N1CC[C@@]23c4ccccc4N[C@@H]4N(C)c5cccc6c5[C@@]42CCN([C@@H]13)[C@@H]6[C@H]1OC1(C)C. The highest BCUT2D eigenvalue weighted by atomic mass is 16.6. The number of ether oxygens (including phenoxy) is 1. The zero-order valence-electron chi connectivity index (χ0n) is 21.0. The van der Waals surface area contributed by atoms with Gasteiger partial charge in [-0.2, -0.15) is 0 Å². The van der Waals surface area contributed by atoms with Crippen LogP contribution in [0.2, 0.25) is 0 Å². The third kappa shape index (κ3) is 2.08. The second kappa shape index (κ2) is 6.22. The Morgan fingerprint density at radius 3 is 2.63 bits per heavy atom. The molecule has 6 heterocycles. The van der Waals surface area contributed by atoms with Crippen LogP contribution < -0.4 is 10.2 Å². The lowest BCUT2D eigenvalue weighted by Gasteiger charge is -2.62. The molecular formula is C29H34N4O2. The van der Waals surface area contributed by atoms with E-state index >= 15 is 0 Å². The van der Waals surface area contributed by atoms with Gasteiger partial charge in [0, 0.05) is 43.3 Å². The van der Waals surface area contributed by atoms with Gasteiger partial charge in [0.15, 0.2) is 0 Å². The van der Waals surface area contributed by atoms with Crippen molar-refractivity contribution in [1.82, 2.24) is 9.80 Å². The van der Waals surface area contributed by atoms with Crippen LogP contribution in [0.5, 0.6) is 0 Å². The number of hydrogen-bond acceptors (Lipinski definition) is 5. The fraction of sp³-hybridized carbons (Fsp3) is 0.552. The lowest BCUT2D eigenvalue weighted by molar-refractivity contribution is -0.142. The van der Waals surface area contributed by atoms with E-state index in [1.165, 1.54) is 28.1 Å². The Morgan fingerprint density at radius 1 is 1.09 bits per heavy atom. The average Bonchev–Trinajstić information content (AvgIpc) is 3.26. The topological polar surface area (TPSA) is 51.4 Å². The minimum atomic E-state index is -0.161. The number of carbonyl (C=O) groups is 1. The summed E-state index contributed by atoms with van der Waals surface area (Å²) in [7, 11) is 2.26. The maximum Gasteiger partial charge on any atom is 0.223 e. The number of amides is 1. The van der Waals surface area contributed by atoms with Crippen molar-refractivity contribution in [1.29, 1.82) is 0 Å². The summed E-state index contributed by atoms with van der Waals surface area (Å²) >= 11 is 0. The van der Waals surface area contributed by atoms with Gasteiger partial charge in [0.25, 0.3) is 0 Å². The smallest absolute Gasteiger partial charge is 0.223 e. The monoisotopic (exact) mass is 470 g/mol. The quantitative estimate of drug-likeness (QED) is 0.673. The summed E-state index contributed by atoms with van der Waals surface area (Å²) in [5, 5.41) is 4.01. The zero-order chi connectivity index (χ0) is 23.9. The van der Waals surface area contributed by atoms with E-state index in [2.05, 4.69) is 83.4 Å². The molecule has 0 aromatic heterocycles. The minimum absolute atomic E-state index is 0.0335. The third-order valence-electron chi connectivity index (χ3n) is 10.5. The molecule has 2 spiro atoms. The van der Waals surface area contributed by atoms with Crippen LogP contribution in [0.25, 0.3) is 0 Å². The van der Waals surface area contributed by atoms with Crippen LogP contribution in [0, 0.1) is 0 Å². The zero-order valence-corrected chi connectivity index (χ0v) is 21.0. The third-order valence-corrected chi connectivity index (χ3v) is 10.5. The Labute approximate surface area is 207 Å². The number of para-hydroxylation sites is 1. The first-order valence-electron chi connectivity index (χ1n) is 13.3. The largest absolute Gasteiger partial charge is 0.365 e. The van der Waals surface area contributed by atoms with E-state index < -0.39 is 0 Å². The average molecular weight is 471 g/mol. The molecule has 6 aliphatic rings. The van der Waals surface area contributed by atoms with Crippen molar-refractivity contribution in [3.63, 3.8) is 0 Å². The number of benzene rings is 2. The molecule has 3 fully saturated rings. The molecule has 2 aromatic carbocycles. The summed E-state index contributed by atoms with van der Waals surface area (Å²) in [6.45, 7) is 8.24. The Balaban J connectivity index is 1.50. The Morgan fingerprint density at radius 2 is 1.86 bits per heavy atom. The van der Waals surface area contributed by atoms with Gasteiger partial charge in [-0.15, -0.1) is 0 Å². The molecule has 1 N–H and O–H groups in total. The maximum atomic E-state index is 13.5. The summed E-state index contributed by atoms with van der Waals surface area (Å²) in [6.07, 6.45) is 2.96. The number of fused-ring (bicyclic) bond motifs is 1. The number of hydrogen-bond donors (Lipinski definition) is 1. The number of likely N-dealkylation sites (N-methyl/N-ethyl adjacent to an activating group) is 1. The molecular weight excluding hydrogens is 436 g/mol. The highest BCUT2D eigenvalue weighted by molar-refractivity contribution is 5.81.